The van der Waals surface area contributed by atoms with Gasteiger partial charge in [-0.2, -0.15) is 17.0 Å². The van der Waals surface area contributed by atoms with Crippen LogP contribution in [0.5, 0.6) is 17.2 Å². The van der Waals surface area contributed by atoms with Crippen LogP contribution in [0.4, 0.5) is 0 Å². The topological polar surface area (TPSA) is 190 Å². The van der Waals surface area contributed by atoms with E-state index in [0.29, 0.717) is 13.1 Å². The molecule has 3 heterocycles. The fourth-order valence-electron chi connectivity index (χ4n) is 4.84. The molecule has 36 heavy (non-hydrogen) atoms. The largest absolute Gasteiger partial charge is 0.504 e. The molecule has 0 unspecified atom stereocenters. The maximum atomic E-state index is 13.1. The van der Waals surface area contributed by atoms with Gasteiger partial charge in [-0.05, 0) is 0 Å². The van der Waals surface area contributed by atoms with Gasteiger partial charge in [-0.3, -0.25) is 4.90 Å². The summed E-state index contributed by atoms with van der Waals surface area (Å²) in [4.78, 5) is 14.9. The molecular formula is C21H31N3O11S. The SMILES string of the molecule is COc1c(O)c(CN2CCN(S(=O)(=O)N(C)C)CC2)c2c(c1O)[C@@H]1O[C@H](CO)[C@@H](O)[C@H](O)[C@H]1OC2=O. The molecule has 0 radical (unpaired) electrons. The molecule has 0 aliphatic carbocycles. The summed E-state index contributed by atoms with van der Waals surface area (Å²) in [5, 5.41) is 52.1. The summed E-state index contributed by atoms with van der Waals surface area (Å²) in [6, 6.07) is 0. The van der Waals surface area contributed by atoms with Gasteiger partial charge in [0.25, 0.3) is 10.2 Å². The van der Waals surface area contributed by atoms with Crippen LogP contribution < -0.4 is 4.74 Å². The molecule has 5 N–H and O–H groups in total. The maximum absolute atomic E-state index is 13.1. The Morgan fingerprint density at radius 2 is 1.72 bits per heavy atom. The number of nitrogens with zero attached hydrogens (tertiary/aromatic N) is 3. The molecule has 2 fully saturated rings. The van der Waals surface area contributed by atoms with Gasteiger partial charge >= 0.3 is 5.97 Å². The van der Waals surface area contributed by atoms with Gasteiger partial charge in [-0.15, -0.1) is 0 Å². The highest BCUT2D eigenvalue weighted by Crippen LogP contribution is 2.52. The van der Waals surface area contributed by atoms with Gasteiger partial charge < -0.3 is 39.7 Å². The van der Waals surface area contributed by atoms with Gasteiger partial charge in [0.1, 0.15) is 24.4 Å². The van der Waals surface area contributed by atoms with Crippen LogP contribution in [0.2, 0.25) is 0 Å². The summed E-state index contributed by atoms with van der Waals surface area (Å²) < 4.78 is 43.5. The fourth-order valence-corrected chi connectivity index (χ4v) is 5.92. The lowest BCUT2D eigenvalue weighted by Gasteiger charge is -2.45. The Bertz CT molecular complexity index is 1120. The van der Waals surface area contributed by atoms with Crippen LogP contribution in [0.1, 0.15) is 27.6 Å². The molecule has 4 rings (SSSR count). The average Bonchev–Trinajstić information content (AvgIpc) is 2.84. The Morgan fingerprint density at radius 3 is 2.28 bits per heavy atom. The fraction of sp³-hybridized carbons (Fsp3) is 0.667. The first-order valence-electron chi connectivity index (χ1n) is 11.3. The summed E-state index contributed by atoms with van der Waals surface area (Å²) in [6.45, 7) is 0.285. The van der Waals surface area contributed by atoms with E-state index in [1.807, 2.05) is 4.90 Å². The van der Waals surface area contributed by atoms with E-state index in [1.165, 1.54) is 25.5 Å². The second-order valence-electron chi connectivity index (χ2n) is 9.09. The molecule has 0 saturated carbocycles. The van der Waals surface area contributed by atoms with Gasteiger partial charge in [0, 0.05) is 57.9 Å². The number of rotatable bonds is 6. The lowest BCUT2D eigenvalue weighted by Crippen LogP contribution is -2.58. The minimum atomic E-state index is -3.59. The van der Waals surface area contributed by atoms with Crippen LogP contribution in [-0.4, -0.2) is 132 Å². The molecule has 202 valence electrons. The highest BCUT2D eigenvalue weighted by Gasteiger charge is 2.53. The van der Waals surface area contributed by atoms with E-state index in [-0.39, 0.29) is 42.1 Å². The standard InChI is InChI=1S/C21H31N3O11S/c1-22(2)36(31,32)24-6-4-23(5-7-24)8-10-12-13(16(28)19(33-3)14(10)26)18-20(35-21(12)30)17(29)15(27)11(9-25)34-18/h11,15,17-18,20,25-29H,4-9H2,1-3H3/t11-,15-,17+,18+,20-/m1/s1. The number of hydrogen-bond acceptors (Lipinski definition) is 12. The van der Waals surface area contributed by atoms with Crippen molar-refractivity contribution in [3.63, 3.8) is 0 Å². The van der Waals surface area contributed by atoms with Gasteiger partial charge in [0.2, 0.25) is 5.75 Å². The van der Waals surface area contributed by atoms with Crippen LogP contribution in [0, 0.1) is 0 Å². The van der Waals surface area contributed by atoms with E-state index in [4.69, 9.17) is 14.2 Å². The summed E-state index contributed by atoms with van der Waals surface area (Å²) in [5.41, 5.74) is -0.216. The van der Waals surface area contributed by atoms with Crippen molar-refractivity contribution in [3.05, 3.63) is 16.7 Å². The molecule has 1 aromatic rings. The number of ether oxygens (including phenoxy) is 3. The molecule has 2 saturated heterocycles. The molecule has 0 aromatic heterocycles. The highest BCUT2D eigenvalue weighted by molar-refractivity contribution is 7.86. The van der Waals surface area contributed by atoms with Crippen LogP contribution in [0.15, 0.2) is 0 Å². The number of benzene rings is 1. The molecule has 0 amide bonds. The molecule has 5 atom stereocenters. The number of aliphatic hydroxyl groups is 3. The molecule has 0 spiro atoms. The quantitative estimate of drug-likeness (QED) is 0.247. The van der Waals surface area contributed by atoms with Crippen molar-refractivity contribution in [2.45, 2.75) is 37.1 Å². The van der Waals surface area contributed by atoms with E-state index < -0.39 is 64.8 Å². The number of phenols is 2. The number of hydrogen-bond donors (Lipinski definition) is 5. The number of esters is 1. The molecule has 3 aliphatic rings. The van der Waals surface area contributed by atoms with Crippen molar-refractivity contribution in [2.24, 2.45) is 0 Å². The molecule has 14 nitrogen and oxygen atoms in total. The molecule has 3 aliphatic heterocycles. The van der Waals surface area contributed by atoms with Gasteiger partial charge in [-0.25, -0.2) is 4.79 Å². The van der Waals surface area contributed by atoms with Crippen molar-refractivity contribution in [3.8, 4) is 17.2 Å². The van der Waals surface area contributed by atoms with Crippen LogP contribution in [0.25, 0.3) is 0 Å². The highest BCUT2D eigenvalue weighted by atomic mass is 32.2. The van der Waals surface area contributed by atoms with Crippen LogP contribution in [0.3, 0.4) is 0 Å². The minimum Gasteiger partial charge on any atom is -0.504 e. The Labute approximate surface area is 208 Å². The number of methoxy groups -OCH3 is 1. The van der Waals surface area contributed by atoms with E-state index in [1.54, 1.807) is 0 Å². The summed E-state index contributed by atoms with van der Waals surface area (Å²) in [6.07, 6.45) is -7.01. The maximum Gasteiger partial charge on any atom is 0.339 e. The van der Waals surface area contributed by atoms with Crippen LogP contribution >= 0.6 is 0 Å². The third-order valence-electron chi connectivity index (χ3n) is 6.85. The van der Waals surface area contributed by atoms with Crippen molar-refractivity contribution < 1.29 is 53.0 Å². The summed E-state index contributed by atoms with van der Waals surface area (Å²) in [5.74, 6) is -2.37. The van der Waals surface area contributed by atoms with Gasteiger partial charge in [-0.1, -0.05) is 0 Å². The predicted molar refractivity (Wildman–Crippen MR) is 122 cm³/mol. The molecule has 1 aromatic carbocycles. The number of aromatic hydroxyl groups is 2. The summed E-state index contributed by atoms with van der Waals surface area (Å²) in [7, 11) is 0.507. The minimum absolute atomic E-state index is 0.0122. The zero-order chi connectivity index (χ0) is 26.5. The monoisotopic (exact) mass is 533 g/mol. The smallest absolute Gasteiger partial charge is 0.339 e. The Balaban J connectivity index is 1.71. The third kappa shape index (κ3) is 4.28. The van der Waals surface area contributed by atoms with E-state index in [9.17, 15) is 38.7 Å². The van der Waals surface area contributed by atoms with Crippen LogP contribution in [-0.2, 0) is 26.2 Å². The number of fused-ring (bicyclic) bond motifs is 3. The van der Waals surface area contributed by atoms with Crippen molar-refractivity contribution in [1.82, 2.24) is 13.5 Å². The predicted octanol–water partition coefficient (Wildman–Crippen LogP) is -2.28. The first-order valence-corrected chi connectivity index (χ1v) is 12.7. The Kier molecular flexibility index (Phi) is 7.38. The van der Waals surface area contributed by atoms with Crippen molar-refractivity contribution in [2.75, 3.05) is 54.0 Å². The number of phenolic OH excluding ortho intramolecular Hbond substituents is 2. The van der Waals surface area contributed by atoms with Gasteiger partial charge in [0.05, 0.1) is 19.3 Å². The number of piperazine rings is 1. The first kappa shape index (κ1) is 26.8. The number of carbonyl (C=O) groups excluding carboxylic acids is 1. The lowest BCUT2D eigenvalue weighted by molar-refractivity contribution is -0.235. The lowest BCUT2D eigenvalue weighted by atomic mass is 9.84. The molecule has 0 bridgehead atoms. The summed E-state index contributed by atoms with van der Waals surface area (Å²) >= 11 is 0. The number of aliphatic hydroxyl groups excluding tert-OH is 3. The second-order valence-corrected chi connectivity index (χ2v) is 11.2. The van der Waals surface area contributed by atoms with E-state index >= 15 is 0 Å². The molecular weight excluding hydrogens is 502 g/mol. The van der Waals surface area contributed by atoms with Gasteiger partial charge in [0.15, 0.2) is 17.6 Å². The van der Waals surface area contributed by atoms with E-state index in [2.05, 4.69) is 0 Å². The normalized spacial score (nSPS) is 29.5. The van der Waals surface area contributed by atoms with Crippen molar-refractivity contribution in [1.29, 1.82) is 0 Å². The average molecular weight is 534 g/mol. The molecule has 15 heteroatoms. The Morgan fingerprint density at radius 1 is 1.08 bits per heavy atom. The van der Waals surface area contributed by atoms with Crippen molar-refractivity contribution >= 4 is 16.2 Å². The van der Waals surface area contributed by atoms with E-state index in [0.717, 1.165) is 4.31 Å². The Hall–Kier alpha value is -2.24. The second kappa shape index (κ2) is 9.90. The first-order chi connectivity index (χ1) is 16.9. The third-order valence-corrected chi connectivity index (χ3v) is 8.79. The zero-order valence-electron chi connectivity index (χ0n) is 20.1. The number of carbonyl (C=O) groups is 1. The zero-order valence-corrected chi connectivity index (χ0v) is 20.9.